The van der Waals surface area contributed by atoms with Crippen LogP contribution in [0.2, 0.25) is 0 Å². The molecule has 0 fully saturated rings. The van der Waals surface area contributed by atoms with Gasteiger partial charge in [-0.15, -0.1) is 6.58 Å². The van der Waals surface area contributed by atoms with E-state index in [-0.39, 0.29) is 11.5 Å². The number of allylic oxidation sites excluding steroid dienone is 3. The topological polar surface area (TPSA) is 60.9 Å². The summed E-state index contributed by atoms with van der Waals surface area (Å²) in [7, 11) is 0. The number of hydrogen-bond donors (Lipinski definition) is 1. The first-order chi connectivity index (χ1) is 10.0. The van der Waals surface area contributed by atoms with Crippen molar-refractivity contribution in [3.8, 4) is 0 Å². The third-order valence-electron chi connectivity index (χ3n) is 3.45. The van der Waals surface area contributed by atoms with Crippen LogP contribution in [0.4, 0.5) is 0 Å². The lowest BCUT2D eigenvalue weighted by atomic mass is 9.96. The minimum absolute atomic E-state index is 0.0565. The molecular formula is C17H21N3O. The Kier molecular flexibility index (Phi) is 4.58. The molecule has 0 aliphatic heterocycles. The largest absolute Gasteiger partial charge is 0.335 e. The number of rotatable bonds is 5. The van der Waals surface area contributed by atoms with Crippen molar-refractivity contribution in [1.82, 2.24) is 9.66 Å². The van der Waals surface area contributed by atoms with Gasteiger partial charge >= 0.3 is 0 Å². The van der Waals surface area contributed by atoms with E-state index in [9.17, 15) is 4.79 Å². The fourth-order valence-corrected chi connectivity index (χ4v) is 2.45. The van der Waals surface area contributed by atoms with Gasteiger partial charge in [0.1, 0.15) is 5.82 Å². The Balaban J connectivity index is 2.58. The number of nitrogens with two attached hydrogens (primary N) is 1. The van der Waals surface area contributed by atoms with Gasteiger partial charge in [0.2, 0.25) is 0 Å². The molecule has 2 rings (SSSR count). The lowest BCUT2D eigenvalue weighted by molar-refractivity contribution is 0.608. The molecule has 21 heavy (non-hydrogen) atoms. The van der Waals surface area contributed by atoms with Crippen LogP contribution in [-0.4, -0.2) is 9.66 Å². The maximum atomic E-state index is 12.4. The van der Waals surface area contributed by atoms with Crippen molar-refractivity contribution >= 4 is 10.9 Å². The number of hydrogen-bond acceptors (Lipinski definition) is 3. The average molecular weight is 283 g/mol. The first kappa shape index (κ1) is 15.0. The smallest absolute Gasteiger partial charge is 0.279 e. The minimum atomic E-state index is -0.206. The van der Waals surface area contributed by atoms with Gasteiger partial charge in [0.05, 0.1) is 10.9 Å². The van der Waals surface area contributed by atoms with Gasteiger partial charge in [-0.05, 0) is 38.8 Å². The highest BCUT2D eigenvalue weighted by molar-refractivity contribution is 5.77. The molecule has 0 aliphatic carbocycles. The SMILES string of the molecule is C=C(C)C[C@H](C/C=C\C)c1nc2ccccc2c(=O)n1N. The number of para-hydroxylation sites is 1. The summed E-state index contributed by atoms with van der Waals surface area (Å²) in [5.41, 5.74) is 1.53. The van der Waals surface area contributed by atoms with Crippen LogP contribution < -0.4 is 11.4 Å². The Morgan fingerprint density at radius 2 is 2.19 bits per heavy atom. The van der Waals surface area contributed by atoms with Crippen molar-refractivity contribution in [2.45, 2.75) is 32.6 Å². The molecule has 0 amide bonds. The monoisotopic (exact) mass is 283 g/mol. The first-order valence-corrected chi connectivity index (χ1v) is 7.07. The zero-order valence-electron chi connectivity index (χ0n) is 12.5. The van der Waals surface area contributed by atoms with E-state index < -0.39 is 0 Å². The number of nitrogens with zero attached hydrogens (tertiary/aromatic N) is 2. The Bertz CT molecular complexity index is 743. The summed E-state index contributed by atoms with van der Waals surface area (Å²) in [5.74, 6) is 6.65. The summed E-state index contributed by atoms with van der Waals surface area (Å²) in [5, 5.41) is 0.545. The van der Waals surface area contributed by atoms with Gasteiger partial charge in [0.25, 0.3) is 5.56 Å². The average Bonchev–Trinajstić information content (AvgIpc) is 2.47. The van der Waals surface area contributed by atoms with Gasteiger partial charge in [-0.25, -0.2) is 9.66 Å². The molecule has 1 heterocycles. The Morgan fingerprint density at radius 1 is 1.48 bits per heavy atom. The van der Waals surface area contributed by atoms with E-state index in [2.05, 4.69) is 17.6 Å². The Morgan fingerprint density at radius 3 is 2.86 bits per heavy atom. The predicted octanol–water partition coefficient (Wildman–Crippen LogP) is 3.13. The summed E-state index contributed by atoms with van der Waals surface area (Å²) in [4.78, 5) is 17.0. The quantitative estimate of drug-likeness (QED) is 0.677. The number of fused-ring (bicyclic) bond motifs is 1. The molecule has 0 saturated heterocycles. The van der Waals surface area contributed by atoms with Gasteiger partial charge < -0.3 is 5.84 Å². The van der Waals surface area contributed by atoms with Crippen molar-refractivity contribution in [2.75, 3.05) is 5.84 Å². The van der Waals surface area contributed by atoms with E-state index >= 15 is 0 Å². The minimum Gasteiger partial charge on any atom is -0.335 e. The fraction of sp³-hybridized carbons (Fsp3) is 0.294. The Hall–Kier alpha value is -2.36. The molecule has 1 aromatic carbocycles. The first-order valence-electron chi connectivity index (χ1n) is 7.07. The van der Waals surface area contributed by atoms with Crippen LogP contribution in [0.3, 0.4) is 0 Å². The van der Waals surface area contributed by atoms with E-state index in [1.165, 1.54) is 4.68 Å². The van der Waals surface area contributed by atoms with Gasteiger partial charge in [0.15, 0.2) is 0 Å². The highest BCUT2D eigenvalue weighted by Crippen LogP contribution is 2.25. The highest BCUT2D eigenvalue weighted by Gasteiger charge is 2.18. The van der Waals surface area contributed by atoms with E-state index in [1.54, 1.807) is 6.07 Å². The molecule has 0 spiro atoms. The molecule has 1 aromatic heterocycles. The zero-order valence-corrected chi connectivity index (χ0v) is 12.5. The third kappa shape index (κ3) is 3.21. The van der Waals surface area contributed by atoms with Crippen molar-refractivity contribution in [3.05, 3.63) is 64.7 Å². The molecule has 2 aromatic rings. The van der Waals surface area contributed by atoms with Crippen LogP contribution in [0.1, 0.15) is 38.4 Å². The maximum Gasteiger partial charge on any atom is 0.279 e. The molecule has 0 unspecified atom stereocenters. The van der Waals surface area contributed by atoms with Gasteiger partial charge in [0, 0.05) is 5.92 Å². The van der Waals surface area contributed by atoms with Crippen LogP contribution in [0, 0.1) is 0 Å². The van der Waals surface area contributed by atoms with Crippen LogP contribution in [0.5, 0.6) is 0 Å². The summed E-state index contributed by atoms with van der Waals surface area (Å²) in [6.45, 7) is 7.91. The lowest BCUT2D eigenvalue weighted by Gasteiger charge is -2.18. The summed E-state index contributed by atoms with van der Waals surface area (Å²) in [6.07, 6.45) is 5.60. The molecule has 4 nitrogen and oxygen atoms in total. The summed E-state index contributed by atoms with van der Waals surface area (Å²) in [6, 6.07) is 7.28. The molecule has 0 bridgehead atoms. The van der Waals surface area contributed by atoms with Crippen LogP contribution in [0.25, 0.3) is 10.9 Å². The number of benzene rings is 1. The second kappa shape index (κ2) is 6.39. The second-order valence-electron chi connectivity index (χ2n) is 5.33. The fourth-order valence-electron chi connectivity index (χ4n) is 2.45. The Labute approximate surface area is 124 Å². The summed E-state index contributed by atoms with van der Waals surface area (Å²) >= 11 is 0. The maximum absolute atomic E-state index is 12.4. The molecule has 0 saturated carbocycles. The normalized spacial score (nSPS) is 12.9. The lowest BCUT2D eigenvalue weighted by Crippen LogP contribution is -2.33. The van der Waals surface area contributed by atoms with E-state index in [4.69, 9.17) is 5.84 Å². The van der Waals surface area contributed by atoms with Gasteiger partial charge in [-0.3, -0.25) is 4.79 Å². The molecule has 1 atom stereocenters. The van der Waals surface area contributed by atoms with Crippen LogP contribution in [0.15, 0.2) is 53.4 Å². The van der Waals surface area contributed by atoms with Gasteiger partial charge in [-0.2, -0.15) is 0 Å². The highest BCUT2D eigenvalue weighted by atomic mass is 16.1. The van der Waals surface area contributed by atoms with Crippen molar-refractivity contribution in [1.29, 1.82) is 0 Å². The zero-order chi connectivity index (χ0) is 15.4. The van der Waals surface area contributed by atoms with Crippen molar-refractivity contribution < 1.29 is 0 Å². The predicted molar refractivity (Wildman–Crippen MR) is 87.8 cm³/mol. The molecular weight excluding hydrogens is 262 g/mol. The third-order valence-corrected chi connectivity index (χ3v) is 3.45. The van der Waals surface area contributed by atoms with Crippen molar-refractivity contribution in [3.63, 3.8) is 0 Å². The van der Waals surface area contributed by atoms with Crippen molar-refractivity contribution in [2.24, 2.45) is 0 Å². The van der Waals surface area contributed by atoms with E-state index in [1.807, 2.05) is 38.1 Å². The van der Waals surface area contributed by atoms with E-state index in [0.717, 1.165) is 18.4 Å². The molecule has 0 aliphatic rings. The molecule has 4 heteroatoms. The molecule has 2 N–H and O–H groups in total. The van der Waals surface area contributed by atoms with Gasteiger partial charge in [-0.1, -0.05) is 29.9 Å². The number of nitrogen functional groups attached to an aromatic ring is 1. The molecule has 0 radical (unpaired) electrons. The van der Waals surface area contributed by atoms with Crippen LogP contribution in [-0.2, 0) is 0 Å². The number of aromatic nitrogens is 2. The van der Waals surface area contributed by atoms with E-state index in [0.29, 0.717) is 16.7 Å². The molecule has 110 valence electrons. The standard InChI is InChI=1S/C17H21N3O/c1-4-5-8-13(11-12(2)3)16-19-15-10-7-6-9-14(15)17(21)20(16)18/h4-7,9-10,13H,2,8,11,18H2,1,3H3/b5-4-/t13-/m0/s1. The second-order valence-corrected chi connectivity index (χ2v) is 5.33. The van der Waals surface area contributed by atoms with Crippen LogP contribution >= 0.6 is 0 Å². The summed E-state index contributed by atoms with van der Waals surface area (Å²) < 4.78 is 1.18.